The van der Waals surface area contributed by atoms with Crippen LogP contribution in [0.4, 0.5) is 0 Å². The first-order valence-electron chi connectivity index (χ1n) is 8.38. The molecule has 0 spiro atoms. The normalized spacial score (nSPS) is 17.8. The van der Waals surface area contributed by atoms with Crippen molar-refractivity contribution in [3.8, 4) is 11.4 Å². The summed E-state index contributed by atoms with van der Waals surface area (Å²) in [5.41, 5.74) is 1.79. The summed E-state index contributed by atoms with van der Waals surface area (Å²) in [7, 11) is -2.87. The summed E-state index contributed by atoms with van der Waals surface area (Å²) in [5.74, 6) is 1.39. The summed E-state index contributed by atoms with van der Waals surface area (Å²) in [6, 6.07) is 5.73. The number of rotatable bonds is 4. The van der Waals surface area contributed by atoms with Crippen LogP contribution >= 0.6 is 23.1 Å². The van der Waals surface area contributed by atoms with Crippen LogP contribution in [-0.4, -0.2) is 39.0 Å². The van der Waals surface area contributed by atoms with Crippen LogP contribution in [0.3, 0.4) is 0 Å². The number of aromatic nitrogens is 3. The number of halogens is 1. The minimum absolute atomic E-state index is 0.131. The summed E-state index contributed by atoms with van der Waals surface area (Å²) >= 11 is 7.65. The second-order valence-corrected chi connectivity index (χ2v) is 10.1. The van der Waals surface area contributed by atoms with Gasteiger partial charge < -0.3 is 9.67 Å². The average Bonchev–Trinajstić information content (AvgIpc) is 3.22. The SMILES string of the molecule is O=S1(=O)CCC(Cn2cc(-c3nsc(CO)n3)c3cccc(Cl)c32)CC1. The molecule has 0 atom stereocenters. The number of benzene rings is 1. The third kappa shape index (κ3) is 3.38. The van der Waals surface area contributed by atoms with Crippen molar-refractivity contribution in [2.24, 2.45) is 5.92 Å². The van der Waals surface area contributed by atoms with Gasteiger partial charge in [0.05, 0.1) is 28.7 Å². The molecular weight excluding hydrogens is 394 g/mol. The predicted octanol–water partition coefficient (Wildman–Crippen LogP) is 3.13. The molecule has 0 amide bonds. The van der Waals surface area contributed by atoms with E-state index >= 15 is 0 Å². The van der Waals surface area contributed by atoms with Crippen LogP contribution in [-0.2, 0) is 23.0 Å². The van der Waals surface area contributed by atoms with Crippen molar-refractivity contribution in [2.45, 2.75) is 26.0 Å². The zero-order valence-electron chi connectivity index (χ0n) is 13.9. The van der Waals surface area contributed by atoms with Gasteiger partial charge in [-0.2, -0.15) is 4.37 Å². The van der Waals surface area contributed by atoms with Crippen LogP contribution in [0.5, 0.6) is 0 Å². The van der Waals surface area contributed by atoms with Gasteiger partial charge in [0.1, 0.15) is 14.8 Å². The number of hydrogen-bond acceptors (Lipinski definition) is 6. The van der Waals surface area contributed by atoms with Crippen molar-refractivity contribution in [3.63, 3.8) is 0 Å². The maximum Gasteiger partial charge on any atom is 0.175 e. The van der Waals surface area contributed by atoms with Gasteiger partial charge >= 0.3 is 0 Å². The highest BCUT2D eigenvalue weighted by Crippen LogP contribution is 2.35. The number of hydrogen-bond donors (Lipinski definition) is 1. The van der Waals surface area contributed by atoms with Crippen molar-refractivity contribution in [2.75, 3.05) is 11.5 Å². The molecule has 0 saturated carbocycles. The second kappa shape index (κ2) is 6.92. The molecule has 0 bridgehead atoms. The first kappa shape index (κ1) is 17.9. The molecule has 0 radical (unpaired) electrons. The van der Waals surface area contributed by atoms with Crippen molar-refractivity contribution >= 4 is 43.9 Å². The highest BCUT2D eigenvalue weighted by molar-refractivity contribution is 7.91. The number of fused-ring (bicyclic) bond motifs is 1. The molecule has 9 heteroatoms. The first-order chi connectivity index (χ1) is 12.5. The Balaban J connectivity index is 1.73. The molecule has 1 fully saturated rings. The molecule has 138 valence electrons. The second-order valence-electron chi connectivity index (χ2n) is 6.60. The van der Waals surface area contributed by atoms with Crippen molar-refractivity contribution in [1.29, 1.82) is 0 Å². The Morgan fingerprint density at radius 1 is 1.31 bits per heavy atom. The van der Waals surface area contributed by atoms with Crippen LogP contribution in [0.2, 0.25) is 5.02 Å². The third-order valence-corrected chi connectivity index (χ3v) is 7.54. The van der Waals surface area contributed by atoms with E-state index in [9.17, 15) is 13.5 Å². The average molecular weight is 412 g/mol. The van der Waals surface area contributed by atoms with Gasteiger partial charge in [-0.05, 0) is 36.4 Å². The monoisotopic (exact) mass is 411 g/mol. The Morgan fingerprint density at radius 3 is 2.77 bits per heavy atom. The third-order valence-electron chi connectivity index (χ3n) is 4.82. The van der Waals surface area contributed by atoms with E-state index in [0.717, 1.165) is 16.5 Å². The Labute approximate surface area is 160 Å². The van der Waals surface area contributed by atoms with Crippen LogP contribution in [0.15, 0.2) is 24.4 Å². The Bertz CT molecular complexity index is 1040. The molecule has 2 aromatic heterocycles. The van der Waals surface area contributed by atoms with Crippen molar-refractivity contribution < 1.29 is 13.5 Å². The molecule has 6 nitrogen and oxygen atoms in total. The molecule has 1 aliphatic rings. The minimum Gasteiger partial charge on any atom is -0.389 e. The topological polar surface area (TPSA) is 85.1 Å². The molecule has 26 heavy (non-hydrogen) atoms. The van der Waals surface area contributed by atoms with Gasteiger partial charge in [0.15, 0.2) is 5.82 Å². The van der Waals surface area contributed by atoms with E-state index in [2.05, 4.69) is 13.9 Å². The van der Waals surface area contributed by atoms with E-state index in [-0.39, 0.29) is 18.1 Å². The molecule has 1 aromatic carbocycles. The van der Waals surface area contributed by atoms with E-state index in [1.807, 2.05) is 24.4 Å². The van der Waals surface area contributed by atoms with Gasteiger partial charge in [-0.25, -0.2) is 13.4 Å². The lowest BCUT2D eigenvalue weighted by atomic mass is 10.0. The molecule has 4 rings (SSSR count). The highest BCUT2D eigenvalue weighted by atomic mass is 35.5. The minimum atomic E-state index is -2.87. The van der Waals surface area contributed by atoms with Crippen LogP contribution < -0.4 is 0 Å². The Morgan fingerprint density at radius 2 is 2.08 bits per heavy atom. The summed E-state index contributed by atoms with van der Waals surface area (Å²) in [4.78, 5) is 4.38. The number of nitrogens with zero attached hydrogens (tertiary/aromatic N) is 3. The van der Waals surface area contributed by atoms with E-state index in [4.69, 9.17) is 11.6 Å². The molecule has 0 aliphatic carbocycles. The smallest absolute Gasteiger partial charge is 0.175 e. The summed E-state index contributed by atoms with van der Waals surface area (Å²) in [6.07, 6.45) is 3.33. The van der Waals surface area contributed by atoms with E-state index in [0.29, 0.717) is 41.2 Å². The number of aliphatic hydroxyl groups excluding tert-OH is 1. The summed E-state index contributed by atoms with van der Waals surface area (Å²) in [6.45, 7) is 0.584. The first-order valence-corrected chi connectivity index (χ1v) is 11.4. The maximum atomic E-state index is 11.7. The van der Waals surface area contributed by atoms with Gasteiger partial charge in [-0.15, -0.1) is 0 Å². The molecule has 1 aliphatic heterocycles. The standard InChI is InChI=1S/C17H18ClN3O3S2/c18-14-3-1-2-12-13(17-19-15(10-22)25-20-17)9-21(16(12)14)8-11-4-6-26(23,24)7-5-11/h1-3,9,11,22H,4-8,10H2. The van der Waals surface area contributed by atoms with E-state index in [1.54, 1.807) is 0 Å². The van der Waals surface area contributed by atoms with Crippen molar-refractivity contribution in [1.82, 2.24) is 13.9 Å². The van der Waals surface area contributed by atoms with Gasteiger partial charge in [0.2, 0.25) is 0 Å². The van der Waals surface area contributed by atoms with E-state index < -0.39 is 9.84 Å². The van der Waals surface area contributed by atoms with Crippen LogP contribution in [0.25, 0.3) is 22.3 Å². The van der Waals surface area contributed by atoms with E-state index in [1.165, 1.54) is 11.5 Å². The molecular formula is C17H18ClN3O3S2. The Kier molecular flexibility index (Phi) is 4.77. The number of para-hydroxylation sites is 1. The molecule has 1 N–H and O–H groups in total. The number of sulfone groups is 1. The lowest BCUT2D eigenvalue weighted by Crippen LogP contribution is -2.25. The zero-order chi connectivity index (χ0) is 18.3. The fourth-order valence-electron chi connectivity index (χ4n) is 3.46. The van der Waals surface area contributed by atoms with Gasteiger partial charge in [0.25, 0.3) is 0 Å². The molecule has 3 aromatic rings. The predicted molar refractivity (Wildman–Crippen MR) is 103 cm³/mol. The lowest BCUT2D eigenvalue weighted by Gasteiger charge is -2.22. The quantitative estimate of drug-likeness (QED) is 0.712. The maximum absolute atomic E-state index is 11.7. The summed E-state index contributed by atoms with van der Waals surface area (Å²) < 4.78 is 29.8. The van der Waals surface area contributed by atoms with Crippen molar-refractivity contribution in [3.05, 3.63) is 34.4 Å². The van der Waals surface area contributed by atoms with Crippen LogP contribution in [0.1, 0.15) is 17.8 Å². The fourth-order valence-corrected chi connectivity index (χ4v) is 5.85. The molecule has 0 unspecified atom stereocenters. The van der Waals surface area contributed by atoms with Gasteiger partial charge in [-0.3, -0.25) is 0 Å². The van der Waals surface area contributed by atoms with Gasteiger partial charge in [0, 0.05) is 23.7 Å². The summed E-state index contributed by atoms with van der Waals surface area (Å²) in [5, 5.41) is 11.4. The highest BCUT2D eigenvalue weighted by Gasteiger charge is 2.25. The fraction of sp³-hybridized carbons (Fsp3) is 0.412. The number of aliphatic hydroxyl groups is 1. The zero-order valence-corrected chi connectivity index (χ0v) is 16.3. The Hall–Kier alpha value is -1.48. The molecule has 1 saturated heterocycles. The van der Waals surface area contributed by atoms with Gasteiger partial charge in [-0.1, -0.05) is 23.7 Å². The van der Waals surface area contributed by atoms with Crippen LogP contribution in [0, 0.1) is 5.92 Å². The lowest BCUT2D eigenvalue weighted by molar-refractivity contribution is 0.281. The molecule has 3 heterocycles. The largest absolute Gasteiger partial charge is 0.389 e.